The number of alkyl halides is 6. The van der Waals surface area contributed by atoms with Gasteiger partial charge < -0.3 is 9.64 Å². The van der Waals surface area contributed by atoms with E-state index in [2.05, 4.69) is 9.72 Å². The summed E-state index contributed by atoms with van der Waals surface area (Å²) >= 11 is 0.700. The van der Waals surface area contributed by atoms with Crippen molar-refractivity contribution in [2.75, 3.05) is 11.4 Å². The maximum atomic E-state index is 13.1. The Bertz CT molecular complexity index is 1320. The van der Waals surface area contributed by atoms with E-state index in [-0.39, 0.29) is 35.1 Å². The number of benzene rings is 2. The maximum Gasteiger partial charge on any atom is 0.573 e. The molecule has 2 heterocycles. The van der Waals surface area contributed by atoms with Gasteiger partial charge in [-0.1, -0.05) is 17.4 Å². The van der Waals surface area contributed by atoms with Crippen LogP contribution < -0.4 is 15.2 Å². The molecule has 0 spiro atoms. The highest BCUT2D eigenvalue weighted by atomic mass is 32.1. The molecule has 2 aromatic carbocycles. The van der Waals surface area contributed by atoms with Gasteiger partial charge in [0.05, 0.1) is 15.9 Å². The van der Waals surface area contributed by atoms with Gasteiger partial charge in [0.2, 0.25) is 0 Å². The molecular formula is C19H11F6N3O4S. The van der Waals surface area contributed by atoms with E-state index in [0.717, 1.165) is 6.07 Å². The molecule has 0 saturated carbocycles. The van der Waals surface area contributed by atoms with E-state index in [4.69, 9.17) is 0 Å². The van der Waals surface area contributed by atoms with Crippen LogP contribution in [0.2, 0.25) is 0 Å². The molecule has 0 N–H and O–H groups in total. The zero-order valence-corrected chi connectivity index (χ0v) is 17.0. The van der Waals surface area contributed by atoms with E-state index in [9.17, 15) is 41.3 Å². The summed E-state index contributed by atoms with van der Waals surface area (Å²) in [6.45, 7) is 0.343. The number of rotatable bonds is 3. The van der Waals surface area contributed by atoms with Crippen LogP contribution in [0.25, 0.3) is 10.1 Å². The molecule has 1 aromatic heterocycles. The Morgan fingerprint density at radius 2 is 1.82 bits per heavy atom. The fraction of sp³-hybridized carbons (Fsp3) is 0.263. The molecule has 0 saturated heterocycles. The highest BCUT2D eigenvalue weighted by Gasteiger charge is 2.35. The Morgan fingerprint density at radius 3 is 2.45 bits per heavy atom. The minimum Gasteiger partial charge on any atom is -0.406 e. The lowest BCUT2D eigenvalue weighted by Crippen LogP contribution is -2.31. The molecule has 0 atom stereocenters. The van der Waals surface area contributed by atoms with Gasteiger partial charge in [-0.2, -0.15) is 18.2 Å². The molecule has 1 aliphatic rings. The second kappa shape index (κ2) is 7.86. The summed E-state index contributed by atoms with van der Waals surface area (Å²) < 4.78 is 80.2. The number of aromatic nitrogens is 1. The van der Waals surface area contributed by atoms with Gasteiger partial charge in [-0.25, -0.2) is 0 Å². The zero-order chi connectivity index (χ0) is 24.1. The SMILES string of the molecule is O=c1nc(N2CCc3cc(OC(F)(F)F)ccc3C2)sc2c([N+](=O)[O-])cc(C(F)(F)F)cc12. The average Bonchev–Trinajstić information content (AvgIpc) is 2.70. The summed E-state index contributed by atoms with van der Waals surface area (Å²) in [7, 11) is 0. The van der Waals surface area contributed by atoms with E-state index in [1.807, 2.05) is 0 Å². The van der Waals surface area contributed by atoms with Crippen molar-refractivity contribution >= 4 is 32.2 Å². The molecule has 0 fully saturated rings. The van der Waals surface area contributed by atoms with Crippen molar-refractivity contribution in [2.45, 2.75) is 25.5 Å². The third-order valence-corrected chi connectivity index (χ3v) is 6.07. The van der Waals surface area contributed by atoms with Gasteiger partial charge in [-0.3, -0.25) is 14.9 Å². The standard InChI is InChI=1S/C19H11F6N3O4S/c20-18(21,22)11-6-13-15(14(7-11)28(30)31)33-17(26-16(13)29)27-4-3-9-5-12(32-19(23,24)25)2-1-10(9)8-27/h1-2,5-7H,3-4,8H2. The number of fused-ring (bicyclic) bond motifs is 2. The van der Waals surface area contributed by atoms with E-state index >= 15 is 0 Å². The van der Waals surface area contributed by atoms with Crippen LogP contribution in [0.3, 0.4) is 0 Å². The smallest absolute Gasteiger partial charge is 0.406 e. The van der Waals surface area contributed by atoms with Gasteiger partial charge in [0.1, 0.15) is 10.4 Å². The molecule has 0 bridgehead atoms. The first-order valence-electron chi connectivity index (χ1n) is 9.15. The Kier molecular flexibility index (Phi) is 5.42. The third kappa shape index (κ3) is 4.69. The number of nitro benzene ring substituents is 1. The second-order valence-corrected chi connectivity index (χ2v) is 8.06. The van der Waals surface area contributed by atoms with Crippen molar-refractivity contribution in [1.82, 2.24) is 4.98 Å². The van der Waals surface area contributed by atoms with Crippen LogP contribution in [0.4, 0.5) is 37.2 Å². The molecule has 1 aliphatic heterocycles. The van der Waals surface area contributed by atoms with Crippen LogP contribution in [0, 0.1) is 10.1 Å². The Morgan fingerprint density at radius 1 is 1.09 bits per heavy atom. The first-order valence-corrected chi connectivity index (χ1v) is 9.96. The van der Waals surface area contributed by atoms with Gasteiger partial charge in [-0.05, 0) is 35.7 Å². The minimum absolute atomic E-state index is 0.0524. The molecule has 174 valence electrons. The van der Waals surface area contributed by atoms with Gasteiger partial charge in [0, 0.05) is 19.2 Å². The third-order valence-electron chi connectivity index (χ3n) is 4.91. The fourth-order valence-corrected chi connectivity index (χ4v) is 4.56. The lowest BCUT2D eigenvalue weighted by molar-refractivity contribution is -0.383. The monoisotopic (exact) mass is 491 g/mol. The topological polar surface area (TPSA) is 85.6 Å². The molecular weight excluding hydrogens is 480 g/mol. The lowest BCUT2D eigenvalue weighted by Gasteiger charge is -2.29. The van der Waals surface area contributed by atoms with Crippen LogP contribution >= 0.6 is 11.3 Å². The van der Waals surface area contributed by atoms with E-state index in [0.29, 0.717) is 34.6 Å². The first-order chi connectivity index (χ1) is 15.3. The van der Waals surface area contributed by atoms with Crippen molar-refractivity contribution in [3.05, 3.63) is 67.5 Å². The number of nitrogens with zero attached hydrogens (tertiary/aromatic N) is 3. The molecule has 0 radical (unpaired) electrons. The summed E-state index contributed by atoms with van der Waals surface area (Å²) in [5, 5.41) is 10.9. The summed E-state index contributed by atoms with van der Waals surface area (Å²) in [6, 6.07) is 4.71. The molecule has 0 amide bonds. The number of ether oxygens (including phenoxy) is 1. The number of hydrogen-bond acceptors (Lipinski definition) is 7. The summed E-state index contributed by atoms with van der Waals surface area (Å²) in [4.78, 5) is 28.3. The fourth-order valence-electron chi connectivity index (χ4n) is 3.47. The number of hydrogen-bond donors (Lipinski definition) is 0. The van der Waals surface area contributed by atoms with Gasteiger partial charge in [-0.15, -0.1) is 13.2 Å². The second-order valence-electron chi connectivity index (χ2n) is 7.08. The van der Waals surface area contributed by atoms with Gasteiger partial charge in [0.25, 0.3) is 11.2 Å². The van der Waals surface area contributed by atoms with Crippen molar-refractivity contribution in [1.29, 1.82) is 0 Å². The molecule has 0 unspecified atom stereocenters. The average molecular weight is 491 g/mol. The highest BCUT2D eigenvalue weighted by molar-refractivity contribution is 7.22. The van der Waals surface area contributed by atoms with Crippen LogP contribution in [-0.2, 0) is 19.1 Å². The van der Waals surface area contributed by atoms with Crippen molar-refractivity contribution < 1.29 is 36.0 Å². The molecule has 7 nitrogen and oxygen atoms in total. The predicted molar refractivity (Wildman–Crippen MR) is 105 cm³/mol. The van der Waals surface area contributed by atoms with E-state index < -0.39 is 39.7 Å². The molecule has 33 heavy (non-hydrogen) atoms. The minimum atomic E-state index is -4.89. The van der Waals surface area contributed by atoms with Crippen LogP contribution in [0.15, 0.2) is 35.1 Å². The van der Waals surface area contributed by atoms with E-state index in [1.165, 1.54) is 12.1 Å². The van der Waals surface area contributed by atoms with Crippen molar-refractivity contribution in [3.63, 3.8) is 0 Å². The first kappa shape index (κ1) is 22.8. The van der Waals surface area contributed by atoms with Crippen LogP contribution in [0.1, 0.15) is 16.7 Å². The highest BCUT2D eigenvalue weighted by Crippen LogP contribution is 2.39. The number of non-ortho nitro benzene ring substituents is 1. The van der Waals surface area contributed by atoms with Crippen molar-refractivity contribution in [3.8, 4) is 5.75 Å². The zero-order valence-electron chi connectivity index (χ0n) is 16.2. The molecule has 4 rings (SSSR count). The van der Waals surface area contributed by atoms with Crippen LogP contribution in [-0.4, -0.2) is 22.8 Å². The van der Waals surface area contributed by atoms with E-state index in [1.54, 1.807) is 4.90 Å². The Balaban J connectivity index is 1.72. The molecule has 14 heteroatoms. The normalized spacial score (nSPS) is 14.3. The predicted octanol–water partition coefficient (Wildman–Crippen LogP) is 5.04. The largest absolute Gasteiger partial charge is 0.573 e. The summed E-state index contributed by atoms with van der Waals surface area (Å²) in [5.74, 6) is -0.376. The quantitative estimate of drug-likeness (QED) is 0.290. The number of anilines is 1. The lowest BCUT2D eigenvalue weighted by atomic mass is 10.00. The Labute approximate surface area is 184 Å². The van der Waals surface area contributed by atoms with Crippen molar-refractivity contribution in [2.24, 2.45) is 0 Å². The van der Waals surface area contributed by atoms with Gasteiger partial charge in [0.15, 0.2) is 5.13 Å². The number of halogens is 6. The summed E-state index contributed by atoms with van der Waals surface area (Å²) in [5.41, 5.74) is -2.03. The molecule has 3 aromatic rings. The van der Waals surface area contributed by atoms with Gasteiger partial charge >= 0.3 is 12.5 Å². The Hall–Kier alpha value is -3.42. The summed E-state index contributed by atoms with van der Waals surface area (Å²) in [6.07, 6.45) is -9.46. The van der Waals surface area contributed by atoms with Crippen LogP contribution in [0.5, 0.6) is 5.75 Å². The number of nitro groups is 1. The molecule has 0 aliphatic carbocycles. The maximum absolute atomic E-state index is 13.1.